The molecule has 11 heteroatoms. The Bertz CT molecular complexity index is 1870. The van der Waals surface area contributed by atoms with Crippen molar-refractivity contribution >= 4 is 46.5 Å². The van der Waals surface area contributed by atoms with Gasteiger partial charge in [-0.3, -0.25) is 9.69 Å². The van der Waals surface area contributed by atoms with Crippen LogP contribution in [0.2, 0.25) is 5.02 Å². The van der Waals surface area contributed by atoms with E-state index in [1.807, 2.05) is 42.8 Å². The van der Waals surface area contributed by atoms with Gasteiger partial charge in [0.2, 0.25) is 0 Å². The number of carboxylic acid groups (broad SMARTS) is 1. The molecule has 0 radical (unpaired) electrons. The van der Waals surface area contributed by atoms with Crippen molar-refractivity contribution in [1.82, 2.24) is 19.4 Å². The van der Waals surface area contributed by atoms with Crippen LogP contribution in [0.5, 0.6) is 5.75 Å². The Labute approximate surface area is 287 Å². The zero-order chi connectivity index (χ0) is 33.8. The molecule has 1 fully saturated rings. The van der Waals surface area contributed by atoms with E-state index in [1.54, 1.807) is 10.8 Å². The maximum atomic E-state index is 12.6. The second kappa shape index (κ2) is 14.9. The molecule has 0 atom stereocenters. The average molecular weight is 672 g/mol. The smallest absolute Gasteiger partial charge is 0.352 e. The van der Waals surface area contributed by atoms with E-state index in [1.165, 1.54) is 11.1 Å². The van der Waals surface area contributed by atoms with Crippen molar-refractivity contribution in [3.8, 4) is 5.75 Å². The monoisotopic (exact) mass is 671 g/mol. The molecule has 0 aliphatic carbocycles. The fourth-order valence-corrected chi connectivity index (χ4v) is 7.42. The summed E-state index contributed by atoms with van der Waals surface area (Å²) in [5.41, 5.74) is 15.3. The van der Waals surface area contributed by atoms with E-state index in [9.17, 15) is 9.90 Å². The fraction of sp³-hybridized carbons (Fsp3) is 0.432. The van der Waals surface area contributed by atoms with Crippen LogP contribution in [-0.4, -0.2) is 56.3 Å². The summed E-state index contributed by atoms with van der Waals surface area (Å²) in [6.07, 6.45) is 12.0. The fourth-order valence-electron chi connectivity index (χ4n) is 7.21. The highest BCUT2D eigenvalue weighted by atomic mass is 35.5. The van der Waals surface area contributed by atoms with Crippen LogP contribution in [0.1, 0.15) is 83.2 Å². The lowest BCUT2D eigenvalue weighted by atomic mass is 9.97. The highest BCUT2D eigenvalue weighted by Gasteiger charge is 2.24. The number of carboxylic acids is 1. The lowest BCUT2D eigenvalue weighted by molar-refractivity contribution is 0.0685. The summed E-state index contributed by atoms with van der Waals surface area (Å²) in [6.45, 7) is 4.58. The van der Waals surface area contributed by atoms with E-state index in [4.69, 9.17) is 22.1 Å². The summed E-state index contributed by atoms with van der Waals surface area (Å²) in [5, 5.41) is 26.5. The quantitative estimate of drug-likeness (QED) is 0.113. The number of halogens is 1. The molecule has 4 aromatic rings. The predicted molar refractivity (Wildman–Crippen MR) is 193 cm³/mol. The third-order valence-electron chi connectivity index (χ3n) is 9.50. The summed E-state index contributed by atoms with van der Waals surface area (Å²) in [5.74, 6) is -0.0918. The Kier molecular flexibility index (Phi) is 10.4. The molecular weight excluding hydrogens is 626 g/mol. The third-order valence-corrected chi connectivity index (χ3v) is 9.83. The SMILES string of the molecule is C/C=N/N1CCCC/C1=C\c1c(Cl)ccc2c(CCCOc3cc(CCc4cc(CN)nn4C)cc4c3NCCC4)c(C(=O)O)n(C)c12. The first-order chi connectivity index (χ1) is 23.3. The molecule has 0 amide bonds. The first kappa shape index (κ1) is 33.6. The maximum Gasteiger partial charge on any atom is 0.352 e. The number of rotatable bonds is 12. The summed E-state index contributed by atoms with van der Waals surface area (Å²) in [7, 11) is 3.78. The molecule has 2 aromatic heterocycles. The Morgan fingerprint density at radius 1 is 1.15 bits per heavy atom. The number of aromatic nitrogens is 3. The first-order valence-corrected chi connectivity index (χ1v) is 17.4. The van der Waals surface area contributed by atoms with Crippen molar-refractivity contribution in [3.05, 3.63) is 80.4 Å². The number of piperidine rings is 1. The number of nitrogens with one attached hydrogen (secondary N) is 1. The molecule has 4 heterocycles. The lowest BCUT2D eigenvalue weighted by Gasteiger charge is -2.27. The van der Waals surface area contributed by atoms with Gasteiger partial charge in [0.05, 0.1) is 23.5 Å². The third kappa shape index (κ3) is 6.96. The van der Waals surface area contributed by atoms with Crippen LogP contribution in [0, 0.1) is 0 Å². The summed E-state index contributed by atoms with van der Waals surface area (Å²) < 4.78 is 10.2. The zero-order valence-corrected chi connectivity index (χ0v) is 28.9. The molecule has 10 nitrogen and oxygen atoms in total. The van der Waals surface area contributed by atoms with E-state index in [0.717, 1.165) is 109 Å². The van der Waals surface area contributed by atoms with Gasteiger partial charge in [0.15, 0.2) is 0 Å². The maximum absolute atomic E-state index is 12.6. The molecule has 6 rings (SSSR count). The number of allylic oxidation sites excluding steroid dienone is 1. The minimum atomic E-state index is -0.952. The summed E-state index contributed by atoms with van der Waals surface area (Å²) >= 11 is 6.80. The largest absolute Gasteiger partial charge is 0.491 e. The number of hydrogen-bond donors (Lipinski definition) is 3. The number of ether oxygens (including phenoxy) is 1. The van der Waals surface area contributed by atoms with Crippen LogP contribution in [0.4, 0.5) is 5.69 Å². The molecule has 1 saturated heterocycles. The van der Waals surface area contributed by atoms with Crippen LogP contribution in [0.25, 0.3) is 17.0 Å². The van der Waals surface area contributed by atoms with E-state index < -0.39 is 5.97 Å². The van der Waals surface area contributed by atoms with Crippen molar-refractivity contribution < 1.29 is 14.6 Å². The molecule has 0 bridgehead atoms. The van der Waals surface area contributed by atoms with Crippen molar-refractivity contribution in [1.29, 1.82) is 0 Å². The van der Waals surface area contributed by atoms with Crippen LogP contribution in [0.3, 0.4) is 0 Å². The molecule has 0 unspecified atom stereocenters. The second-order valence-corrected chi connectivity index (χ2v) is 13.1. The number of fused-ring (bicyclic) bond motifs is 2. The van der Waals surface area contributed by atoms with E-state index in [0.29, 0.717) is 31.0 Å². The van der Waals surface area contributed by atoms with E-state index in [-0.39, 0.29) is 5.69 Å². The van der Waals surface area contributed by atoms with Gasteiger partial charge in [-0.25, -0.2) is 4.79 Å². The van der Waals surface area contributed by atoms with Gasteiger partial charge < -0.3 is 25.5 Å². The molecule has 4 N–H and O–H groups in total. The Morgan fingerprint density at radius 2 is 2.00 bits per heavy atom. The van der Waals surface area contributed by atoms with Gasteiger partial charge in [0, 0.05) is 67.3 Å². The lowest BCUT2D eigenvalue weighted by Crippen LogP contribution is -2.22. The number of nitrogens with two attached hydrogens (primary N) is 1. The second-order valence-electron chi connectivity index (χ2n) is 12.7. The topological polar surface area (TPSA) is 123 Å². The number of anilines is 1. The minimum absolute atomic E-state index is 0.285. The van der Waals surface area contributed by atoms with Crippen LogP contribution < -0.4 is 15.8 Å². The standard InChI is InChI=1S/C37H46ClN7O3/c1-4-41-45-17-6-5-10-28(45)22-31-32(38)15-14-30-29(36(37(46)47)43(2)35(30)31)11-8-18-48-33-20-24(19-25-9-7-16-40-34(25)33)12-13-27-21-26(23-39)42-44(27)3/h4,14-15,19-22,40H,5-13,16-18,23,39H2,1-3H3,(H,46,47)/b28-22+,41-4+. The van der Waals surface area contributed by atoms with Crippen LogP contribution >= 0.6 is 11.6 Å². The van der Waals surface area contributed by atoms with Crippen molar-refractivity contribution in [3.63, 3.8) is 0 Å². The normalized spacial score (nSPS) is 15.8. The Hall–Kier alpha value is -4.28. The molecule has 0 spiro atoms. The first-order valence-electron chi connectivity index (χ1n) is 17.0. The molecule has 254 valence electrons. The summed E-state index contributed by atoms with van der Waals surface area (Å²) in [4.78, 5) is 12.6. The Balaban J connectivity index is 1.23. The van der Waals surface area contributed by atoms with Gasteiger partial charge >= 0.3 is 5.97 Å². The van der Waals surface area contributed by atoms with Gasteiger partial charge in [-0.05, 0) is 106 Å². The van der Waals surface area contributed by atoms with Gasteiger partial charge in [-0.1, -0.05) is 23.7 Å². The van der Waals surface area contributed by atoms with Crippen molar-refractivity contribution in [2.24, 2.45) is 24.9 Å². The zero-order valence-electron chi connectivity index (χ0n) is 28.2. The number of aryl methyl sites for hydroxylation is 6. The number of carbonyl (C=O) groups is 1. The highest BCUT2D eigenvalue weighted by molar-refractivity contribution is 6.33. The number of benzene rings is 2. The van der Waals surface area contributed by atoms with E-state index in [2.05, 4.69) is 39.8 Å². The van der Waals surface area contributed by atoms with Crippen LogP contribution in [0.15, 0.2) is 41.1 Å². The van der Waals surface area contributed by atoms with Crippen LogP contribution in [-0.2, 0) is 46.3 Å². The Morgan fingerprint density at radius 3 is 2.77 bits per heavy atom. The van der Waals surface area contributed by atoms with Gasteiger partial charge in [0.25, 0.3) is 0 Å². The molecule has 2 aromatic carbocycles. The minimum Gasteiger partial charge on any atom is -0.491 e. The predicted octanol–water partition coefficient (Wildman–Crippen LogP) is 6.71. The van der Waals surface area contributed by atoms with Gasteiger partial charge in [-0.15, -0.1) is 0 Å². The molecular formula is C37H46ClN7O3. The number of nitrogens with zero attached hydrogens (tertiary/aromatic N) is 5. The van der Waals surface area contributed by atoms with E-state index >= 15 is 0 Å². The number of hydrogen-bond acceptors (Lipinski definition) is 7. The highest BCUT2D eigenvalue weighted by Crippen LogP contribution is 2.37. The molecule has 2 aliphatic heterocycles. The van der Waals surface area contributed by atoms with Gasteiger partial charge in [0.1, 0.15) is 11.4 Å². The van der Waals surface area contributed by atoms with Crippen molar-refractivity contribution in [2.75, 3.05) is 25.0 Å². The van der Waals surface area contributed by atoms with Gasteiger partial charge in [-0.2, -0.15) is 10.2 Å². The molecule has 48 heavy (non-hydrogen) atoms. The molecule has 2 aliphatic rings. The molecule has 0 saturated carbocycles. The average Bonchev–Trinajstić information content (AvgIpc) is 3.59. The van der Waals surface area contributed by atoms with Crippen molar-refractivity contribution in [2.45, 2.75) is 71.3 Å². The number of hydrazone groups is 1. The number of aromatic carboxylic acids is 1. The summed E-state index contributed by atoms with van der Waals surface area (Å²) in [6, 6.07) is 10.4.